The molecule has 0 radical (unpaired) electrons. The van der Waals surface area contributed by atoms with Crippen LogP contribution in [-0.4, -0.2) is 58.8 Å². The van der Waals surface area contributed by atoms with E-state index in [1.54, 1.807) is 10.8 Å². The van der Waals surface area contributed by atoms with Crippen LogP contribution in [0, 0.1) is 0 Å². The summed E-state index contributed by atoms with van der Waals surface area (Å²) < 4.78 is 7.61. The number of benzene rings is 1. The molecule has 0 spiro atoms. The molecule has 7 heteroatoms. The van der Waals surface area contributed by atoms with E-state index in [0.29, 0.717) is 19.6 Å². The van der Waals surface area contributed by atoms with Crippen molar-refractivity contribution in [3.05, 3.63) is 48.0 Å². The molecule has 148 valence electrons. The predicted molar refractivity (Wildman–Crippen MR) is 105 cm³/mol. The molecule has 27 heavy (non-hydrogen) atoms. The van der Waals surface area contributed by atoms with Crippen molar-refractivity contribution in [2.75, 3.05) is 27.2 Å². The van der Waals surface area contributed by atoms with Gasteiger partial charge in [0.1, 0.15) is 11.4 Å². The Labute approximate surface area is 160 Å². The molecule has 3 N–H and O–H groups in total. The van der Waals surface area contributed by atoms with Crippen molar-refractivity contribution in [3.63, 3.8) is 0 Å². The number of para-hydroxylation sites is 1. The van der Waals surface area contributed by atoms with Gasteiger partial charge in [0.2, 0.25) is 0 Å². The Morgan fingerprint density at radius 1 is 1.33 bits per heavy atom. The summed E-state index contributed by atoms with van der Waals surface area (Å²) in [5, 5.41) is 10.2. The molecule has 0 unspecified atom stereocenters. The number of rotatable bonds is 12. The molecule has 1 aromatic carbocycles. The molecule has 1 amide bonds. The number of aryl methyl sites for hydroxylation is 1. The normalized spacial score (nSPS) is 12.3. The van der Waals surface area contributed by atoms with E-state index in [-0.39, 0.29) is 5.69 Å². The fourth-order valence-corrected chi connectivity index (χ4v) is 2.86. The number of imidazole rings is 1. The summed E-state index contributed by atoms with van der Waals surface area (Å²) in [6.07, 6.45) is 5.89. The summed E-state index contributed by atoms with van der Waals surface area (Å²) >= 11 is 0. The van der Waals surface area contributed by atoms with E-state index in [4.69, 9.17) is 10.5 Å². The molecule has 0 saturated heterocycles. The van der Waals surface area contributed by atoms with Crippen LogP contribution >= 0.6 is 0 Å². The summed E-state index contributed by atoms with van der Waals surface area (Å²) in [6.45, 7) is 2.09. The van der Waals surface area contributed by atoms with E-state index in [0.717, 1.165) is 37.1 Å². The number of aliphatic hydroxyl groups excluding tert-OH is 1. The zero-order chi connectivity index (χ0) is 19.6. The van der Waals surface area contributed by atoms with Gasteiger partial charge < -0.3 is 25.0 Å². The van der Waals surface area contributed by atoms with E-state index in [2.05, 4.69) is 30.0 Å². The van der Waals surface area contributed by atoms with Crippen molar-refractivity contribution in [1.82, 2.24) is 14.5 Å². The molecule has 1 heterocycles. The van der Waals surface area contributed by atoms with Crippen LogP contribution in [0.25, 0.3) is 0 Å². The second kappa shape index (κ2) is 10.7. The summed E-state index contributed by atoms with van der Waals surface area (Å²) in [4.78, 5) is 17.1. The summed E-state index contributed by atoms with van der Waals surface area (Å²) in [6, 6.07) is 8.06. The van der Waals surface area contributed by atoms with Crippen LogP contribution in [0.1, 0.15) is 35.3 Å². The molecule has 0 aliphatic rings. The van der Waals surface area contributed by atoms with Crippen molar-refractivity contribution in [1.29, 1.82) is 0 Å². The molecule has 0 aliphatic carbocycles. The summed E-state index contributed by atoms with van der Waals surface area (Å²) in [7, 11) is 4.11. The first-order valence-electron chi connectivity index (χ1n) is 9.30. The van der Waals surface area contributed by atoms with Gasteiger partial charge in [-0.1, -0.05) is 18.2 Å². The Morgan fingerprint density at radius 2 is 2.11 bits per heavy atom. The summed E-state index contributed by atoms with van der Waals surface area (Å²) in [5.74, 6) is 0.358. The van der Waals surface area contributed by atoms with E-state index in [1.165, 1.54) is 6.33 Å². The molecule has 2 rings (SSSR count). The van der Waals surface area contributed by atoms with E-state index in [1.807, 2.05) is 18.2 Å². The van der Waals surface area contributed by atoms with Gasteiger partial charge >= 0.3 is 0 Å². The quantitative estimate of drug-likeness (QED) is 0.552. The largest absolute Gasteiger partial charge is 0.493 e. The second-order valence-electron chi connectivity index (χ2n) is 6.98. The van der Waals surface area contributed by atoms with Gasteiger partial charge in [-0.2, -0.15) is 0 Å². The maximum absolute atomic E-state index is 11.1. The number of hydrogen-bond donors (Lipinski definition) is 2. The second-order valence-corrected chi connectivity index (χ2v) is 6.98. The minimum atomic E-state index is -0.564. The number of aliphatic hydroxyl groups is 1. The van der Waals surface area contributed by atoms with Gasteiger partial charge in [0.15, 0.2) is 0 Å². The first-order chi connectivity index (χ1) is 13.0. The first-order valence-corrected chi connectivity index (χ1v) is 9.30. The lowest BCUT2D eigenvalue weighted by Gasteiger charge is -2.14. The zero-order valence-corrected chi connectivity index (χ0v) is 16.2. The van der Waals surface area contributed by atoms with E-state index in [9.17, 15) is 9.90 Å². The van der Waals surface area contributed by atoms with Crippen LogP contribution in [-0.2, 0) is 13.0 Å². The smallest absolute Gasteiger partial charge is 0.268 e. The van der Waals surface area contributed by atoms with Gasteiger partial charge in [0.25, 0.3) is 5.91 Å². The monoisotopic (exact) mass is 374 g/mol. The van der Waals surface area contributed by atoms with Crippen LogP contribution < -0.4 is 10.5 Å². The van der Waals surface area contributed by atoms with Gasteiger partial charge in [0, 0.05) is 19.3 Å². The van der Waals surface area contributed by atoms with E-state index >= 15 is 0 Å². The van der Waals surface area contributed by atoms with Crippen molar-refractivity contribution >= 4 is 5.91 Å². The Bertz CT molecular complexity index is 715. The highest BCUT2D eigenvalue weighted by Gasteiger charge is 2.10. The Hall–Kier alpha value is -2.38. The number of nitrogens with two attached hydrogens (primary N) is 1. The van der Waals surface area contributed by atoms with Crippen molar-refractivity contribution in [3.8, 4) is 5.75 Å². The third-order valence-electron chi connectivity index (χ3n) is 4.27. The minimum absolute atomic E-state index is 0.211. The number of carbonyl (C=O) groups excluding carboxylic acids is 1. The number of ether oxygens (including phenoxy) is 1. The van der Waals surface area contributed by atoms with Crippen LogP contribution in [0.5, 0.6) is 5.75 Å². The average molecular weight is 374 g/mol. The van der Waals surface area contributed by atoms with Crippen LogP contribution in [0.2, 0.25) is 0 Å². The Morgan fingerprint density at radius 3 is 2.81 bits per heavy atom. The van der Waals surface area contributed by atoms with Crippen LogP contribution in [0.4, 0.5) is 0 Å². The lowest BCUT2D eigenvalue weighted by Crippen LogP contribution is -2.16. The fraction of sp³-hybridized carbons (Fsp3) is 0.500. The third kappa shape index (κ3) is 7.40. The van der Waals surface area contributed by atoms with Crippen LogP contribution in [0.15, 0.2) is 36.8 Å². The highest BCUT2D eigenvalue weighted by Crippen LogP contribution is 2.21. The van der Waals surface area contributed by atoms with Gasteiger partial charge in [-0.3, -0.25) is 4.79 Å². The van der Waals surface area contributed by atoms with Crippen LogP contribution in [0.3, 0.4) is 0 Å². The third-order valence-corrected chi connectivity index (χ3v) is 4.27. The molecule has 0 fully saturated rings. The predicted octanol–water partition coefficient (Wildman–Crippen LogP) is 1.70. The Balaban J connectivity index is 1.76. The molecule has 0 aliphatic heterocycles. The zero-order valence-electron chi connectivity index (χ0n) is 16.2. The van der Waals surface area contributed by atoms with Gasteiger partial charge in [0.05, 0.1) is 19.0 Å². The molecule has 1 aromatic heterocycles. The number of amides is 1. The lowest BCUT2D eigenvalue weighted by atomic mass is 10.0. The van der Waals surface area contributed by atoms with Crippen molar-refractivity contribution in [2.24, 2.45) is 5.73 Å². The molecule has 7 nitrogen and oxygen atoms in total. The van der Waals surface area contributed by atoms with Crippen molar-refractivity contribution in [2.45, 2.75) is 38.3 Å². The van der Waals surface area contributed by atoms with Gasteiger partial charge in [-0.15, -0.1) is 0 Å². The van der Waals surface area contributed by atoms with Gasteiger partial charge in [-0.25, -0.2) is 4.98 Å². The average Bonchev–Trinajstić information content (AvgIpc) is 3.08. The fourth-order valence-electron chi connectivity index (χ4n) is 2.86. The Kier molecular flexibility index (Phi) is 8.29. The highest BCUT2D eigenvalue weighted by molar-refractivity contribution is 5.90. The van der Waals surface area contributed by atoms with Gasteiger partial charge in [-0.05, 0) is 51.4 Å². The molecule has 2 aromatic rings. The van der Waals surface area contributed by atoms with E-state index < -0.39 is 12.0 Å². The SMILES string of the molecule is CN(C)CCCOc1ccccc1CCC[C@H](O)Cn1cnc(C(N)=O)c1. The minimum Gasteiger partial charge on any atom is -0.493 e. The first kappa shape index (κ1) is 20.9. The topological polar surface area (TPSA) is 93.6 Å². The molecule has 1 atom stereocenters. The standard InChI is InChI=1S/C20H30N4O3/c1-23(2)11-6-12-27-19-10-4-3-7-16(19)8-5-9-17(25)13-24-14-18(20(21)26)22-15-24/h3-4,7,10,14-15,17,25H,5-6,8-9,11-13H2,1-2H3,(H2,21,26)/t17-/m0/s1. The molecule has 0 saturated carbocycles. The number of hydrogen-bond acceptors (Lipinski definition) is 5. The summed E-state index contributed by atoms with van der Waals surface area (Å²) in [5.41, 5.74) is 6.55. The molecular formula is C20H30N4O3. The number of nitrogens with zero attached hydrogens (tertiary/aromatic N) is 3. The molecular weight excluding hydrogens is 344 g/mol. The molecule has 0 bridgehead atoms. The maximum Gasteiger partial charge on any atom is 0.268 e. The highest BCUT2D eigenvalue weighted by atomic mass is 16.5. The number of aromatic nitrogens is 2. The number of carbonyl (C=O) groups is 1. The lowest BCUT2D eigenvalue weighted by molar-refractivity contribution is 0.0995. The van der Waals surface area contributed by atoms with Crippen molar-refractivity contribution < 1.29 is 14.6 Å². The number of primary amides is 1. The maximum atomic E-state index is 11.1.